The molecular formula is C16H16N4O2S2. The molecule has 124 valence electrons. The Morgan fingerprint density at radius 2 is 2.12 bits per heavy atom. The van der Waals surface area contributed by atoms with E-state index < -0.39 is 0 Å². The molecule has 0 aliphatic carbocycles. The van der Waals surface area contributed by atoms with Crippen LogP contribution in [-0.2, 0) is 12.8 Å². The van der Waals surface area contributed by atoms with Gasteiger partial charge in [-0.3, -0.25) is 0 Å². The molecule has 0 saturated carbocycles. The largest absolute Gasteiger partial charge is 0.485 e. The Morgan fingerprint density at radius 3 is 2.92 bits per heavy atom. The van der Waals surface area contributed by atoms with Crippen LogP contribution in [-0.4, -0.2) is 26.4 Å². The van der Waals surface area contributed by atoms with Crippen LogP contribution in [0, 0.1) is 6.92 Å². The number of ether oxygens (including phenoxy) is 2. The summed E-state index contributed by atoms with van der Waals surface area (Å²) < 4.78 is 13.7. The van der Waals surface area contributed by atoms with E-state index in [1.807, 2.05) is 42.8 Å². The Labute approximate surface area is 147 Å². The molecule has 0 radical (unpaired) electrons. The van der Waals surface area contributed by atoms with E-state index in [4.69, 9.17) is 9.47 Å². The lowest BCUT2D eigenvalue weighted by Crippen LogP contribution is -2.24. The fraction of sp³-hybridized carbons (Fsp3) is 0.312. The standard InChI is InChI=1S/C16H16N4O2S2/c1-10-17-11(8-23-10)9-24-16-19-18-15(20(16)2)14-7-21-12-5-3-4-6-13(12)22-14/h3-6,8,14H,7,9H2,1-2H3. The second-order valence-corrected chi connectivity index (χ2v) is 7.42. The number of aryl methyl sites for hydroxylation is 1. The van der Waals surface area contributed by atoms with Crippen molar-refractivity contribution in [2.24, 2.45) is 7.05 Å². The van der Waals surface area contributed by atoms with E-state index in [0.29, 0.717) is 6.61 Å². The van der Waals surface area contributed by atoms with E-state index in [1.165, 1.54) is 0 Å². The summed E-state index contributed by atoms with van der Waals surface area (Å²) in [4.78, 5) is 4.47. The average Bonchev–Trinajstić information content (AvgIpc) is 3.18. The molecule has 0 saturated heterocycles. The minimum atomic E-state index is -0.256. The molecule has 24 heavy (non-hydrogen) atoms. The third-order valence-corrected chi connectivity index (χ3v) is 5.56. The van der Waals surface area contributed by atoms with Crippen LogP contribution in [0.1, 0.15) is 22.6 Å². The summed E-state index contributed by atoms with van der Waals surface area (Å²) in [5, 5.41) is 12.6. The minimum absolute atomic E-state index is 0.256. The molecule has 1 unspecified atom stereocenters. The van der Waals surface area contributed by atoms with Crippen molar-refractivity contribution in [2.75, 3.05) is 6.61 Å². The van der Waals surface area contributed by atoms with Gasteiger partial charge in [0.05, 0.1) is 10.7 Å². The first-order valence-corrected chi connectivity index (χ1v) is 9.39. The first kappa shape index (κ1) is 15.5. The number of fused-ring (bicyclic) bond motifs is 1. The number of para-hydroxylation sites is 2. The summed E-state index contributed by atoms with van der Waals surface area (Å²) in [6.45, 7) is 2.44. The Kier molecular flexibility index (Phi) is 4.15. The first-order chi connectivity index (χ1) is 11.7. The van der Waals surface area contributed by atoms with Crippen molar-refractivity contribution in [2.45, 2.75) is 23.9 Å². The van der Waals surface area contributed by atoms with E-state index in [2.05, 4.69) is 20.6 Å². The molecule has 0 spiro atoms. The maximum atomic E-state index is 6.01. The van der Waals surface area contributed by atoms with Crippen LogP contribution in [0.5, 0.6) is 11.5 Å². The van der Waals surface area contributed by atoms with Gasteiger partial charge in [-0.05, 0) is 19.1 Å². The lowest BCUT2D eigenvalue weighted by atomic mass is 10.2. The lowest BCUT2D eigenvalue weighted by Gasteiger charge is -2.25. The summed E-state index contributed by atoms with van der Waals surface area (Å²) >= 11 is 3.28. The molecule has 1 aliphatic rings. The zero-order chi connectivity index (χ0) is 16.5. The number of rotatable bonds is 4. The highest BCUT2D eigenvalue weighted by atomic mass is 32.2. The summed E-state index contributed by atoms with van der Waals surface area (Å²) in [6.07, 6.45) is -0.256. The molecule has 3 aromatic rings. The van der Waals surface area contributed by atoms with Gasteiger partial charge in [0.2, 0.25) is 0 Å². The second kappa shape index (κ2) is 6.45. The molecule has 0 bridgehead atoms. The number of hydrogen-bond donors (Lipinski definition) is 0. The molecule has 3 heterocycles. The number of aromatic nitrogens is 4. The Balaban J connectivity index is 1.48. The number of thiazole rings is 1. The zero-order valence-electron chi connectivity index (χ0n) is 13.3. The van der Waals surface area contributed by atoms with Gasteiger partial charge in [-0.25, -0.2) is 4.98 Å². The molecule has 1 aliphatic heterocycles. The van der Waals surface area contributed by atoms with Crippen molar-refractivity contribution < 1.29 is 9.47 Å². The predicted molar refractivity (Wildman–Crippen MR) is 92.7 cm³/mol. The first-order valence-electron chi connectivity index (χ1n) is 7.52. The molecule has 0 N–H and O–H groups in total. The smallest absolute Gasteiger partial charge is 0.192 e. The Bertz CT molecular complexity index is 861. The van der Waals surface area contributed by atoms with Crippen molar-refractivity contribution in [1.82, 2.24) is 19.7 Å². The maximum absolute atomic E-state index is 6.01. The van der Waals surface area contributed by atoms with Gasteiger partial charge in [0.1, 0.15) is 6.61 Å². The van der Waals surface area contributed by atoms with E-state index in [0.717, 1.165) is 38.9 Å². The third-order valence-electron chi connectivity index (χ3n) is 3.68. The van der Waals surface area contributed by atoms with Crippen molar-refractivity contribution >= 4 is 23.1 Å². The van der Waals surface area contributed by atoms with Gasteiger partial charge in [-0.1, -0.05) is 23.9 Å². The monoisotopic (exact) mass is 360 g/mol. The highest BCUT2D eigenvalue weighted by Gasteiger charge is 2.27. The number of thioether (sulfide) groups is 1. The molecule has 6 nitrogen and oxygen atoms in total. The minimum Gasteiger partial charge on any atom is -0.485 e. The number of hydrogen-bond acceptors (Lipinski definition) is 7. The van der Waals surface area contributed by atoms with Gasteiger partial charge in [0, 0.05) is 18.2 Å². The molecule has 4 rings (SSSR count). The molecular weight excluding hydrogens is 344 g/mol. The average molecular weight is 360 g/mol. The van der Waals surface area contributed by atoms with Crippen molar-refractivity contribution in [3.05, 3.63) is 46.2 Å². The van der Waals surface area contributed by atoms with Gasteiger partial charge in [0.15, 0.2) is 28.6 Å². The van der Waals surface area contributed by atoms with E-state index in [1.54, 1.807) is 23.1 Å². The molecule has 0 fully saturated rings. The summed E-state index contributed by atoms with van der Waals surface area (Å²) in [5.41, 5.74) is 1.07. The molecule has 0 amide bonds. The normalized spacial score (nSPS) is 16.3. The lowest BCUT2D eigenvalue weighted by molar-refractivity contribution is 0.0825. The van der Waals surface area contributed by atoms with Crippen molar-refractivity contribution in [3.8, 4) is 11.5 Å². The van der Waals surface area contributed by atoms with Gasteiger partial charge in [-0.2, -0.15) is 0 Å². The highest BCUT2D eigenvalue weighted by Crippen LogP contribution is 2.36. The molecule has 1 atom stereocenters. The van der Waals surface area contributed by atoms with Crippen LogP contribution < -0.4 is 9.47 Å². The fourth-order valence-electron chi connectivity index (χ4n) is 2.49. The topological polar surface area (TPSA) is 62.1 Å². The van der Waals surface area contributed by atoms with Gasteiger partial charge >= 0.3 is 0 Å². The van der Waals surface area contributed by atoms with Gasteiger partial charge in [-0.15, -0.1) is 21.5 Å². The zero-order valence-corrected chi connectivity index (χ0v) is 14.9. The van der Waals surface area contributed by atoms with Crippen LogP contribution in [0.2, 0.25) is 0 Å². The highest BCUT2D eigenvalue weighted by molar-refractivity contribution is 7.98. The van der Waals surface area contributed by atoms with Crippen LogP contribution >= 0.6 is 23.1 Å². The summed E-state index contributed by atoms with van der Waals surface area (Å²) in [5.74, 6) is 3.05. The number of nitrogens with zero attached hydrogens (tertiary/aromatic N) is 4. The Morgan fingerprint density at radius 1 is 1.29 bits per heavy atom. The third kappa shape index (κ3) is 2.99. The Hall–Kier alpha value is -2.06. The van der Waals surface area contributed by atoms with E-state index in [9.17, 15) is 0 Å². The quantitative estimate of drug-likeness (QED) is 0.665. The van der Waals surface area contributed by atoms with E-state index >= 15 is 0 Å². The summed E-state index contributed by atoms with van der Waals surface area (Å²) in [6, 6.07) is 7.66. The second-order valence-electron chi connectivity index (χ2n) is 5.41. The van der Waals surface area contributed by atoms with Gasteiger partial charge < -0.3 is 14.0 Å². The van der Waals surface area contributed by atoms with Crippen molar-refractivity contribution in [3.63, 3.8) is 0 Å². The van der Waals surface area contributed by atoms with Crippen LogP contribution in [0.15, 0.2) is 34.8 Å². The molecule has 2 aromatic heterocycles. The van der Waals surface area contributed by atoms with Crippen LogP contribution in [0.4, 0.5) is 0 Å². The predicted octanol–water partition coefficient (Wildman–Crippen LogP) is 3.38. The van der Waals surface area contributed by atoms with Crippen LogP contribution in [0.3, 0.4) is 0 Å². The molecule has 1 aromatic carbocycles. The SMILES string of the molecule is Cc1nc(CSc2nnc(C3COc4ccccc4O3)n2C)cs1. The maximum Gasteiger partial charge on any atom is 0.192 e. The van der Waals surface area contributed by atoms with E-state index in [-0.39, 0.29) is 6.10 Å². The number of benzene rings is 1. The fourth-order valence-corrected chi connectivity index (χ4v) is 4.02. The van der Waals surface area contributed by atoms with Gasteiger partial charge in [0.25, 0.3) is 0 Å². The molecule has 8 heteroatoms. The van der Waals surface area contributed by atoms with Crippen molar-refractivity contribution in [1.29, 1.82) is 0 Å². The summed E-state index contributed by atoms with van der Waals surface area (Å²) in [7, 11) is 1.95. The van der Waals surface area contributed by atoms with Crippen LogP contribution in [0.25, 0.3) is 0 Å².